The van der Waals surface area contributed by atoms with Crippen LogP contribution in [-0.2, 0) is 21.2 Å². The Balaban J connectivity index is 1.42. The number of nitrogens with one attached hydrogen (secondary N) is 1. The molecule has 0 bridgehead atoms. The highest BCUT2D eigenvalue weighted by atomic mass is 32.2. The van der Waals surface area contributed by atoms with E-state index in [0.29, 0.717) is 47.4 Å². The summed E-state index contributed by atoms with van der Waals surface area (Å²) in [7, 11) is -3.72. The molecule has 1 amide bonds. The summed E-state index contributed by atoms with van der Waals surface area (Å²) in [6.07, 6.45) is 2.13. The van der Waals surface area contributed by atoms with Crippen molar-refractivity contribution in [2.24, 2.45) is 5.92 Å². The fraction of sp³-hybridized carbons (Fsp3) is 0.476. The molecule has 3 aromatic rings. The number of hydrogen-bond donors (Lipinski definition) is 1. The predicted molar refractivity (Wildman–Crippen MR) is 124 cm³/mol. The minimum absolute atomic E-state index is 0.0795. The zero-order valence-corrected chi connectivity index (χ0v) is 20.7. The van der Waals surface area contributed by atoms with Gasteiger partial charge < -0.3 is 9.84 Å². The van der Waals surface area contributed by atoms with E-state index in [1.165, 1.54) is 26.1 Å². The predicted octanol–water partition coefficient (Wildman–Crippen LogP) is 3.54. The second-order valence-electron chi connectivity index (χ2n) is 7.94. The van der Waals surface area contributed by atoms with Crippen LogP contribution in [0.3, 0.4) is 0 Å². The summed E-state index contributed by atoms with van der Waals surface area (Å²) in [5.74, 6) is 0.383. The van der Waals surface area contributed by atoms with Crippen LogP contribution in [0.2, 0.25) is 0 Å². The molecule has 1 fully saturated rings. The Morgan fingerprint density at radius 1 is 1.34 bits per heavy atom. The molecule has 0 radical (unpaired) electrons. The van der Waals surface area contributed by atoms with E-state index < -0.39 is 10.0 Å². The maximum atomic E-state index is 13.4. The van der Waals surface area contributed by atoms with Crippen molar-refractivity contribution in [1.82, 2.24) is 19.8 Å². The van der Waals surface area contributed by atoms with Gasteiger partial charge in [-0.1, -0.05) is 5.16 Å². The van der Waals surface area contributed by atoms with Gasteiger partial charge in [0.05, 0.1) is 15.7 Å². The number of amides is 1. The van der Waals surface area contributed by atoms with Gasteiger partial charge >= 0.3 is 0 Å². The van der Waals surface area contributed by atoms with Crippen LogP contribution >= 0.6 is 22.7 Å². The number of aryl methyl sites for hydroxylation is 3. The van der Waals surface area contributed by atoms with E-state index in [-0.39, 0.29) is 23.3 Å². The van der Waals surface area contributed by atoms with Gasteiger partial charge in [-0.2, -0.15) is 9.29 Å². The van der Waals surface area contributed by atoms with Crippen LogP contribution in [0.15, 0.2) is 26.9 Å². The van der Waals surface area contributed by atoms with E-state index >= 15 is 0 Å². The SMILES string of the molecule is Cc1nc(-c2cc(S(=O)(=O)N3CCC[C@@H](C(=O)NCCc4sccc4C)C3)c(C)s2)no1. The van der Waals surface area contributed by atoms with E-state index in [4.69, 9.17) is 4.52 Å². The van der Waals surface area contributed by atoms with Gasteiger partial charge in [0.1, 0.15) is 0 Å². The molecule has 0 saturated carbocycles. The van der Waals surface area contributed by atoms with Crippen LogP contribution in [0, 0.1) is 26.7 Å². The highest BCUT2D eigenvalue weighted by Crippen LogP contribution is 2.34. The molecule has 1 aliphatic heterocycles. The van der Waals surface area contributed by atoms with Crippen molar-refractivity contribution in [3.63, 3.8) is 0 Å². The molecular formula is C21H26N4O4S3. The molecule has 0 aromatic carbocycles. The first-order valence-electron chi connectivity index (χ1n) is 10.5. The summed E-state index contributed by atoms with van der Waals surface area (Å²) in [5, 5.41) is 8.93. The third-order valence-electron chi connectivity index (χ3n) is 5.61. The van der Waals surface area contributed by atoms with E-state index in [1.54, 1.807) is 31.3 Å². The standard InChI is InChI=1S/C21H26N4O4S3/c1-13-7-10-30-17(13)6-8-22-21(26)16-5-4-9-25(12-16)32(27,28)19-11-18(31-14(19)2)20-23-15(3)29-24-20/h7,10-11,16H,4-6,8-9,12H2,1-3H3,(H,22,26)/t16-/m1/s1. The van der Waals surface area contributed by atoms with Gasteiger partial charge in [0, 0.05) is 36.3 Å². The first-order chi connectivity index (χ1) is 15.3. The summed E-state index contributed by atoms with van der Waals surface area (Å²) in [6, 6.07) is 3.68. The number of aromatic nitrogens is 2. The molecule has 3 aromatic heterocycles. The van der Waals surface area contributed by atoms with Crippen molar-refractivity contribution in [3.05, 3.63) is 38.7 Å². The minimum atomic E-state index is -3.72. The van der Waals surface area contributed by atoms with Gasteiger partial charge in [-0.3, -0.25) is 4.79 Å². The van der Waals surface area contributed by atoms with Gasteiger partial charge in [0.15, 0.2) is 0 Å². The van der Waals surface area contributed by atoms with E-state index in [2.05, 4.69) is 28.4 Å². The molecular weight excluding hydrogens is 468 g/mol. The Bertz CT molecular complexity index is 1210. The first kappa shape index (κ1) is 23.1. The average Bonchev–Trinajstić information content (AvgIpc) is 3.48. The van der Waals surface area contributed by atoms with Crippen molar-refractivity contribution in [2.75, 3.05) is 19.6 Å². The van der Waals surface area contributed by atoms with Crippen LogP contribution in [0.4, 0.5) is 0 Å². The molecule has 8 nitrogen and oxygen atoms in total. The van der Waals surface area contributed by atoms with Crippen molar-refractivity contribution in [2.45, 2.75) is 44.9 Å². The van der Waals surface area contributed by atoms with Crippen molar-refractivity contribution >= 4 is 38.6 Å². The van der Waals surface area contributed by atoms with Gasteiger partial charge in [0.25, 0.3) is 0 Å². The Labute approximate surface area is 195 Å². The summed E-state index contributed by atoms with van der Waals surface area (Å²) in [4.78, 5) is 19.7. The molecule has 1 saturated heterocycles. The van der Waals surface area contributed by atoms with E-state index in [0.717, 1.165) is 6.42 Å². The van der Waals surface area contributed by atoms with Crippen LogP contribution < -0.4 is 5.32 Å². The normalized spacial score (nSPS) is 17.5. The zero-order valence-electron chi connectivity index (χ0n) is 18.3. The lowest BCUT2D eigenvalue weighted by Crippen LogP contribution is -2.45. The van der Waals surface area contributed by atoms with Crippen LogP contribution in [-0.4, -0.2) is 48.4 Å². The molecule has 4 heterocycles. The third-order valence-corrected chi connectivity index (χ3v) is 9.86. The molecule has 0 aliphatic carbocycles. The van der Waals surface area contributed by atoms with Crippen molar-refractivity contribution < 1.29 is 17.7 Å². The van der Waals surface area contributed by atoms with Crippen LogP contribution in [0.1, 0.15) is 34.1 Å². The molecule has 32 heavy (non-hydrogen) atoms. The number of rotatable bonds is 7. The second kappa shape index (κ2) is 9.42. The Hall–Kier alpha value is -2.08. The highest BCUT2D eigenvalue weighted by molar-refractivity contribution is 7.89. The summed E-state index contributed by atoms with van der Waals surface area (Å²) in [5.41, 5.74) is 1.24. The zero-order chi connectivity index (χ0) is 22.9. The first-order valence-corrected chi connectivity index (χ1v) is 13.6. The fourth-order valence-electron chi connectivity index (χ4n) is 3.85. The fourth-order valence-corrected chi connectivity index (χ4v) is 7.77. The van der Waals surface area contributed by atoms with Crippen LogP contribution in [0.5, 0.6) is 0 Å². The monoisotopic (exact) mass is 494 g/mol. The van der Waals surface area contributed by atoms with E-state index in [9.17, 15) is 13.2 Å². The maximum absolute atomic E-state index is 13.4. The number of nitrogens with zero attached hydrogens (tertiary/aromatic N) is 3. The lowest BCUT2D eigenvalue weighted by Gasteiger charge is -2.31. The smallest absolute Gasteiger partial charge is 0.244 e. The number of sulfonamides is 1. The minimum Gasteiger partial charge on any atom is -0.355 e. The number of carbonyl (C=O) groups is 1. The Morgan fingerprint density at radius 2 is 2.16 bits per heavy atom. The molecule has 0 spiro atoms. The molecule has 1 N–H and O–H groups in total. The van der Waals surface area contributed by atoms with Crippen LogP contribution in [0.25, 0.3) is 10.7 Å². The second-order valence-corrected chi connectivity index (χ2v) is 12.1. The Kier molecular flexibility index (Phi) is 6.80. The van der Waals surface area contributed by atoms with Gasteiger partial charge in [-0.05, 0) is 56.2 Å². The quantitative estimate of drug-likeness (QED) is 0.539. The maximum Gasteiger partial charge on any atom is 0.244 e. The number of carbonyl (C=O) groups excluding carboxylic acids is 1. The lowest BCUT2D eigenvalue weighted by atomic mass is 9.99. The number of piperidine rings is 1. The average molecular weight is 495 g/mol. The molecule has 1 atom stereocenters. The van der Waals surface area contributed by atoms with Gasteiger partial charge in [-0.25, -0.2) is 8.42 Å². The largest absolute Gasteiger partial charge is 0.355 e. The molecule has 1 aliphatic rings. The Morgan fingerprint density at radius 3 is 2.84 bits per heavy atom. The topological polar surface area (TPSA) is 105 Å². The third kappa shape index (κ3) is 4.80. The summed E-state index contributed by atoms with van der Waals surface area (Å²) >= 11 is 3.01. The van der Waals surface area contributed by atoms with Crippen molar-refractivity contribution in [1.29, 1.82) is 0 Å². The van der Waals surface area contributed by atoms with Gasteiger partial charge in [-0.15, -0.1) is 22.7 Å². The summed E-state index contributed by atoms with van der Waals surface area (Å²) < 4.78 is 33.2. The summed E-state index contributed by atoms with van der Waals surface area (Å²) in [6.45, 7) is 6.68. The highest BCUT2D eigenvalue weighted by Gasteiger charge is 2.35. The molecule has 11 heteroatoms. The molecule has 4 rings (SSSR count). The van der Waals surface area contributed by atoms with E-state index in [1.807, 2.05) is 5.38 Å². The molecule has 0 unspecified atom stereocenters. The number of thiophene rings is 2. The lowest BCUT2D eigenvalue weighted by molar-refractivity contribution is -0.126. The van der Waals surface area contributed by atoms with Gasteiger partial charge in [0.2, 0.25) is 27.6 Å². The number of hydrogen-bond acceptors (Lipinski definition) is 8. The van der Waals surface area contributed by atoms with Crippen molar-refractivity contribution in [3.8, 4) is 10.7 Å². The molecule has 172 valence electrons.